The summed E-state index contributed by atoms with van der Waals surface area (Å²) in [5.74, 6) is 2.03. The van der Waals surface area contributed by atoms with Crippen molar-refractivity contribution in [3.63, 3.8) is 0 Å². The van der Waals surface area contributed by atoms with Crippen LogP contribution in [0.3, 0.4) is 0 Å². The van der Waals surface area contributed by atoms with Crippen LogP contribution in [0, 0.1) is 0 Å². The van der Waals surface area contributed by atoms with Gasteiger partial charge in [-0.3, -0.25) is 0 Å². The number of ether oxygens (including phenoxy) is 2. The third-order valence-corrected chi connectivity index (χ3v) is 3.39. The van der Waals surface area contributed by atoms with Crippen molar-refractivity contribution >= 4 is 33.1 Å². The molecule has 0 aliphatic rings. The summed E-state index contributed by atoms with van der Waals surface area (Å²) in [7, 11) is 3.23. The molecule has 2 heterocycles. The second-order valence-corrected chi connectivity index (χ2v) is 5.07. The lowest BCUT2D eigenvalue weighted by Crippen LogP contribution is -2.00. The predicted octanol–water partition coefficient (Wildman–Crippen LogP) is 3.25. The summed E-state index contributed by atoms with van der Waals surface area (Å²) in [5, 5.41) is 3.24. The Balaban J connectivity index is 2.04. The van der Waals surface area contributed by atoms with Crippen LogP contribution in [-0.2, 0) is 0 Å². The van der Waals surface area contributed by atoms with Crippen molar-refractivity contribution in [3.8, 4) is 11.5 Å². The van der Waals surface area contributed by atoms with Gasteiger partial charge in [-0.05, 0) is 28.1 Å². The first kappa shape index (κ1) is 13.7. The van der Waals surface area contributed by atoms with Crippen molar-refractivity contribution in [1.29, 1.82) is 0 Å². The minimum Gasteiger partial charge on any atom is -0.497 e. The SMILES string of the molecule is COc1ccc(Nc2nc(Br)cn3ccnc23)c(OC)c1. The Morgan fingerprint density at radius 2 is 2.10 bits per heavy atom. The molecule has 0 atom stereocenters. The van der Waals surface area contributed by atoms with E-state index in [1.807, 2.05) is 35.0 Å². The number of anilines is 2. The van der Waals surface area contributed by atoms with Gasteiger partial charge in [0, 0.05) is 24.7 Å². The first-order valence-corrected chi connectivity index (χ1v) is 6.99. The molecule has 1 aromatic carbocycles. The van der Waals surface area contributed by atoms with Gasteiger partial charge in [0.05, 0.1) is 19.9 Å². The number of benzene rings is 1. The summed E-state index contributed by atoms with van der Waals surface area (Å²) >= 11 is 3.39. The molecule has 7 heteroatoms. The number of halogens is 1. The molecule has 108 valence electrons. The maximum Gasteiger partial charge on any atom is 0.180 e. The van der Waals surface area contributed by atoms with E-state index in [9.17, 15) is 0 Å². The Bertz CT molecular complexity index is 788. The summed E-state index contributed by atoms with van der Waals surface area (Å²) in [5.41, 5.74) is 1.52. The van der Waals surface area contributed by atoms with E-state index in [4.69, 9.17) is 9.47 Å². The fourth-order valence-electron chi connectivity index (χ4n) is 2.01. The van der Waals surface area contributed by atoms with Crippen LogP contribution in [0.4, 0.5) is 11.5 Å². The average molecular weight is 349 g/mol. The normalized spacial score (nSPS) is 10.6. The Morgan fingerprint density at radius 1 is 1.24 bits per heavy atom. The lowest BCUT2D eigenvalue weighted by Gasteiger charge is -2.12. The highest BCUT2D eigenvalue weighted by atomic mass is 79.9. The summed E-state index contributed by atoms with van der Waals surface area (Å²) in [4.78, 5) is 8.72. The minimum atomic E-state index is 0.637. The highest BCUT2D eigenvalue weighted by Gasteiger charge is 2.10. The fraction of sp³-hybridized carbons (Fsp3) is 0.143. The van der Waals surface area contributed by atoms with Crippen LogP contribution < -0.4 is 14.8 Å². The number of rotatable bonds is 4. The van der Waals surface area contributed by atoms with Crippen molar-refractivity contribution in [2.45, 2.75) is 0 Å². The van der Waals surface area contributed by atoms with E-state index in [1.54, 1.807) is 20.4 Å². The van der Waals surface area contributed by atoms with Crippen molar-refractivity contribution in [2.24, 2.45) is 0 Å². The van der Waals surface area contributed by atoms with Gasteiger partial charge in [0.2, 0.25) is 0 Å². The summed E-state index contributed by atoms with van der Waals surface area (Å²) in [6.45, 7) is 0. The molecule has 0 spiro atoms. The van der Waals surface area contributed by atoms with Gasteiger partial charge in [-0.15, -0.1) is 0 Å². The number of aromatic nitrogens is 3. The minimum absolute atomic E-state index is 0.637. The number of nitrogens with one attached hydrogen (secondary N) is 1. The Kier molecular flexibility index (Phi) is 3.66. The molecule has 0 amide bonds. The van der Waals surface area contributed by atoms with Crippen LogP contribution in [-0.4, -0.2) is 28.6 Å². The maximum absolute atomic E-state index is 5.37. The van der Waals surface area contributed by atoms with Crippen LogP contribution in [0.2, 0.25) is 0 Å². The smallest absolute Gasteiger partial charge is 0.180 e. The zero-order chi connectivity index (χ0) is 14.8. The van der Waals surface area contributed by atoms with E-state index in [0.29, 0.717) is 16.2 Å². The van der Waals surface area contributed by atoms with Gasteiger partial charge in [-0.1, -0.05) is 0 Å². The molecule has 0 fully saturated rings. The maximum atomic E-state index is 5.37. The molecule has 0 bridgehead atoms. The number of hydrogen-bond donors (Lipinski definition) is 1. The topological polar surface area (TPSA) is 60.7 Å². The van der Waals surface area contributed by atoms with Gasteiger partial charge >= 0.3 is 0 Å². The van der Waals surface area contributed by atoms with Crippen LogP contribution >= 0.6 is 15.9 Å². The number of imidazole rings is 1. The first-order chi connectivity index (χ1) is 10.2. The molecular weight excluding hydrogens is 336 g/mol. The quantitative estimate of drug-likeness (QED) is 0.784. The second-order valence-electron chi connectivity index (χ2n) is 4.26. The van der Waals surface area contributed by atoms with E-state index in [2.05, 4.69) is 31.2 Å². The predicted molar refractivity (Wildman–Crippen MR) is 83.5 cm³/mol. The third kappa shape index (κ3) is 2.64. The van der Waals surface area contributed by atoms with E-state index in [0.717, 1.165) is 17.1 Å². The van der Waals surface area contributed by atoms with Crippen molar-refractivity contribution in [2.75, 3.05) is 19.5 Å². The number of methoxy groups -OCH3 is 2. The van der Waals surface area contributed by atoms with Crippen LogP contribution in [0.1, 0.15) is 0 Å². The summed E-state index contributed by atoms with van der Waals surface area (Å²) in [6.07, 6.45) is 5.43. The molecule has 0 saturated heterocycles. The number of nitrogens with zero attached hydrogens (tertiary/aromatic N) is 3. The third-order valence-electron chi connectivity index (χ3n) is 3.01. The fourth-order valence-corrected chi connectivity index (χ4v) is 2.41. The lowest BCUT2D eigenvalue weighted by molar-refractivity contribution is 0.395. The molecule has 3 rings (SSSR count). The average Bonchev–Trinajstić information content (AvgIpc) is 2.96. The van der Waals surface area contributed by atoms with Crippen LogP contribution in [0.5, 0.6) is 11.5 Å². The summed E-state index contributed by atoms with van der Waals surface area (Å²) in [6, 6.07) is 5.54. The van der Waals surface area contributed by atoms with Gasteiger partial charge < -0.3 is 19.2 Å². The molecule has 0 aliphatic heterocycles. The highest BCUT2D eigenvalue weighted by molar-refractivity contribution is 9.10. The van der Waals surface area contributed by atoms with Crippen molar-refractivity contribution < 1.29 is 9.47 Å². The van der Waals surface area contributed by atoms with Crippen LogP contribution in [0.15, 0.2) is 41.4 Å². The Morgan fingerprint density at radius 3 is 2.86 bits per heavy atom. The number of hydrogen-bond acceptors (Lipinski definition) is 5. The Labute approximate surface area is 129 Å². The molecule has 0 aliphatic carbocycles. The Hall–Kier alpha value is -2.28. The molecule has 21 heavy (non-hydrogen) atoms. The largest absolute Gasteiger partial charge is 0.497 e. The molecule has 1 N–H and O–H groups in total. The monoisotopic (exact) mass is 348 g/mol. The molecule has 0 saturated carbocycles. The standard InChI is InChI=1S/C14H13BrN4O2/c1-20-9-3-4-10(11(7-9)21-2)17-13-14-16-5-6-19(14)8-12(15)18-13/h3-8H,1-2H3,(H,17,18). The highest BCUT2D eigenvalue weighted by Crippen LogP contribution is 2.32. The van der Waals surface area contributed by atoms with E-state index < -0.39 is 0 Å². The van der Waals surface area contributed by atoms with E-state index >= 15 is 0 Å². The molecule has 0 radical (unpaired) electrons. The van der Waals surface area contributed by atoms with Gasteiger partial charge in [-0.25, -0.2) is 9.97 Å². The van der Waals surface area contributed by atoms with E-state index in [-0.39, 0.29) is 0 Å². The summed E-state index contributed by atoms with van der Waals surface area (Å²) < 4.78 is 13.2. The second kappa shape index (κ2) is 5.61. The van der Waals surface area contributed by atoms with Crippen LogP contribution in [0.25, 0.3) is 5.65 Å². The lowest BCUT2D eigenvalue weighted by atomic mass is 10.2. The van der Waals surface area contributed by atoms with E-state index in [1.165, 1.54) is 0 Å². The molecular formula is C14H13BrN4O2. The molecule has 0 unspecified atom stereocenters. The molecule has 6 nitrogen and oxygen atoms in total. The van der Waals surface area contributed by atoms with Gasteiger partial charge in [-0.2, -0.15) is 0 Å². The van der Waals surface area contributed by atoms with Crippen molar-refractivity contribution in [3.05, 3.63) is 41.4 Å². The zero-order valence-corrected chi connectivity index (χ0v) is 13.1. The van der Waals surface area contributed by atoms with Gasteiger partial charge in [0.15, 0.2) is 11.5 Å². The zero-order valence-electron chi connectivity index (χ0n) is 11.5. The first-order valence-electron chi connectivity index (χ1n) is 6.19. The van der Waals surface area contributed by atoms with Crippen molar-refractivity contribution in [1.82, 2.24) is 14.4 Å². The van der Waals surface area contributed by atoms with Gasteiger partial charge in [0.25, 0.3) is 0 Å². The molecule has 2 aromatic heterocycles. The molecule has 3 aromatic rings. The number of fused-ring (bicyclic) bond motifs is 1. The van der Waals surface area contributed by atoms with Gasteiger partial charge in [0.1, 0.15) is 16.1 Å².